The highest BCUT2D eigenvalue weighted by Gasteiger charge is 2.18. The number of nitrogens with one attached hydrogen (secondary N) is 1. The molecule has 0 heterocycles. The lowest BCUT2D eigenvalue weighted by Gasteiger charge is -2.09. The second-order valence-electron chi connectivity index (χ2n) is 3.01. The maximum absolute atomic E-state index is 11.6. The molecule has 0 spiro atoms. The smallest absolute Gasteiger partial charge is 0.221 e. The van der Waals surface area contributed by atoms with Gasteiger partial charge in [-0.05, 0) is 0 Å². The third-order valence-electron chi connectivity index (χ3n) is 1.90. The summed E-state index contributed by atoms with van der Waals surface area (Å²) in [5.41, 5.74) is -0.492. The van der Waals surface area contributed by atoms with E-state index in [9.17, 15) is 9.59 Å². The molecule has 0 bridgehead atoms. The van der Waals surface area contributed by atoms with E-state index in [2.05, 4.69) is 5.32 Å². The molecule has 1 rings (SSSR count). The lowest BCUT2D eigenvalue weighted by Crippen LogP contribution is -2.36. The molecule has 1 aromatic carbocycles. The first kappa shape index (κ1) is 11.7. The zero-order valence-corrected chi connectivity index (χ0v) is 9.12. The Balaban J connectivity index is 2.65. The van der Waals surface area contributed by atoms with Crippen molar-refractivity contribution in [2.75, 3.05) is 0 Å². The van der Waals surface area contributed by atoms with E-state index in [1.54, 1.807) is 31.2 Å². The average molecular weight is 226 g/mol. The molecule has 1 unspecified atom stereocenters. The molecule has 1 atom stereocenters. The summed E-state index contributed by atoms with van der Waals surface area (Å²) in [7, 11) is 0. The summed E-state index contributed by atoms with van der Waals surface area (Å²) >= 11 is 5.76. The summed E-state index contributed by atoms with van der Waals surface area (Å²) in [6.07, 6.45) is 0.311. The Bertz CT molecular complexity index is 351. The number of halogens is 1. The quantitative estimate of drug-likeness (QED) is 0.484. The molecule has 3 nitrogen and oxygen atoms in total. The number of carbonyl (C=O) groups is 2. The van der Waals surface area contributed by atoms with Crippen LogP contribution in [0.2, 0.25) is 0 Å². The van der Waals surface area contributed by atoms with Crippen LogP contribution in [0.25, 0.3) is 0 Å². The van der Waals surface area contributed by atoms with Crippen molar-refractivity contribution in [1.29, 1.82) is 0 Å². The SMILES string of the molecule is CCC(=O)NC(Cl)C(=O)c1ccccc1. The van der Waals surface area contributed by atoms with Crippen molar-refractivity contribution in [2.45, 2.75) is 18.8 Å². The number of benzene rings is 1. The van der Waals surface area contributed by atoms with E-state index in [0.717, 1.165) is 0 Å². The largest absolute Gasteiger partial charge is 0.333 e. The number of Topliss-reactive ketones (excluding diaryl/α,β-unsaturated/α-hetero) is 1. The van der Waals surface area contributed by atoms with E-state index in [-0.39, 0.29) is 11.7 Å². The second kappa shape index (κ2) is 5.51. The Hall–Kier alpha value is -1.35. The Labute approximate surface area is 93.4 Å². The van der Waals surface area contributed by atoms with Crippen LogP contribution in [0.1, 0.15) is 23.7 Å². The topological polar surface area (TPSA) is 46.2 Å². The van der Waals surface area contributed by atoms with Crippen LogP contribution in [-0.4, -0.2) is 17.2 Å². The molecule has 0 radical (unpaired) electrons. The fraction of sp³-hybridized carbons (Fsp3) is 0.273. The first-order valence-corrected chi connectivity index (χ1v) is 5.11. The summed E-state index contributed by atoms with van der Waals surface area (Å²) < 4.78 is 0. The number of hydrogen-bond donors (Lipinski definition) is 1. The first-order chi connectivity index (χ1) is 7.15. The first-order valence-electron chi connectivity index (χ1n) is 4.68. The van der Waals surface area contributed by atoms with Gasteiger partial charge in [-0.3, -0.25) is 9.59 Å². The van der Waals surface area contributed by atoms with Gasteiger partial charge in [0.1, 0.15) is 0 Å². The van der Waals surface area contributed by atoms with Gasteiger partial charge in [-0.25, -0.2) is 0 Å². The Morgan fingerprint density at radius 1 is 1.33 bits per heavy atom. The van der Waals surface area contributed by atoms with Crippen LogP contribution < -0.4 is 5.32 Å². The van der Waals surface area contributed by atoms with Crippen molar-refractivity contribution in [3.05, 3.63) is 35.9 Å². The highest BCUT2D eigenvalue weighted by Crippen LogP contribution is 2.06. The summed E-state index contributed by atoms with van der Waals surface area (Å²) in [4.78, 5) is 22.7. The molecule has 1 amide bonds. The molecule has 80 valence electrons. The van der Waals surface area contributed by atoms with E-state index in [1.807, 2.05) is 6.07 Å². The molecule has 1 N–H and O–H groups in total. The molecular formula is C11H12ClNO2. The van der Waals surface area contributed by atoms with Gasteiger partial charge in [-0.2, -0.15) is 0 Å². The van der Waals surface area contributed by atoms with Gasteiger partial charge in [-0.15, -0.1) is 0 Å². The third-order valence-corrected chi connectivity index (χ3v) is 2.20. The van der Waals surface area contributed by atoms with Gasteiger partial charge in [0.15, 0.2) is 11.3 Å². The van der Waals surface area contributed by atoms with Crippen LogP contribution in [0.4, 0.5) is 0 Å². The Morgan fingerprint density at radius 3 is 2.47 bits per heavy atom. The van der Waals surface area contributed by atoms with Gasteiger partial charge in [0.05, 0.1) is 0 Å². The predicted molar refractivity (Wildman–Crippen MR) is 58.8 cm³/mol. The number of rotatable bonds is 4. The Morgan fingerprint density at radius 2 is 1.93 bits per heavy atom. The maximum Gasteiger partial charge on any atom is 0.221 e. The molecule has 0 fully saturated rings. The van der Waals surface area contributed by atoms with E-state index in [4.69, 9.17) is 11.6 Å². The molecule has 0 saturated heterocycles. The van der Waals surface area contributed by atoms with Gasteiger partial charge in [0, 0.05) is 12.0 Å². The van der Waals surface area contributed by atoms with Crippen LogP contribution in [0, 0.1) is 0 Å². The molecule has 0 aliphatic carbocycles. The van der Waals surface area contributed by atoms with Crippen molar-refractivity contribution in [1.82, 2.24) is 5.32 Å². The number of ketones is 1. The molecule has 1 aromatic rings. The van der Waals surface area contributed by atoms with Crippen molar-refractivity contribution >= 4 is 23.3 Å². The van der Waals surface area contributed by atoms with E-state index in [1.165, 1.54) is 0 Å². The fourth-order valence-electron chi connectivity index (χ4n) is 1.06. The summed E-state index contributed by atoms with van der Waals surface area (Å²) in [5, 5.41) is 2.40. The molecule has 0 aliphatic rings. The van der Waals surface area contributed by atoms with Crippen LogP contribution in [0.5, 0.6) is 0 Å². The normalized spacial score (nSPS) is 11.9. The minimum atomic E-state index is -0.986. The summed E-state index contributed by atoms with van der Waals surface area (Å²) in [6.45, 7) is 1.70. The van der Waals surface area contributed by atoms with E-state index < -0.39 is 5.50 Å². The standard InChI is InChI=1S/C11H12ClNO2/c1-2-9(14)13-11(12)10(15)8-6-4-3-5-7-8/h3-7,11H,2H2,1H3,(H,13,14). The van der Waals surface area contributed by atoms with E-state index in [0.29, 0.717) is 12.0 Å². The minimum absolute atomic E-state index is 0.237. The van der Waals surface area contributed by atoms with Gasteiger partial charge < -0.3 is 5.32 Å². The monoisotopic (exact) mass is 225 g/mol. The van der Waals surface area contributed by atoms with Gasteiger partial charge in [0.2, 0.25) is 5.91 Å². The molecule has 4 heteroatoms. The Kier molecular flexibility index (Phi) is 4.31. The molecular weight excluding hydrogens is 214 g/mol. The lowest BCUT2D eigenvalue weighted by molar-refractivity contribution is -0.120. The number of carbonyl (C=O) groups excluding carboxylic acids is 2. The van der Waals surface area contributed by atoms with Crippen molar-refractivity contribution in [2.24, 2.45) is 0 Å². The zero-order chi connectivity index (χ0) is 11.3. The minimum Gasteiger partial charge on any atom is -0.333 e. The molecule has 15 heavy (non-hydrogen) atoms. The van der Waals surface area contributed by atoms with Crippen molar-refractivity contribution in [3.63, 3.8) is 0 Å². The lowest BCUT2D eigenvalue weighted by atomic mass is 10.1. The predicted octanol–water partition coefficient (Wildman–Crippen LogP) is 1.96. The van der Waals surface area contributed by atoms with Gasteiger partial charge in [-0.1, -0.05) is 48.9 Å². The zero-order valence-electron chi connectivity index (χ0n) is 8.37. The van der Waals surface area contributed by atoms with Crippen molar-refractivity contribution < 1.29 is 9.59 Å². The fourth-order valence-corrected chi connectivity index (χ4v) is 1.31. The molecule has 0 saturated carbocycles. The van der Waals surface area contributed by atoms with Crippen LogP contribution in [0.3, 0.4) is 0 Å². The highest BCUT2D eigenvalue weighted by atomic mass is 35.5. The maximum atomic E-state index is 11.6. The second-order valence-corrected chi connectivity index (χ2v) is 3.45. The van der Waals surface area contributed by atoms with Crippen molar-refractivity contribution in [3.8, 4) is 0 Å². The molecule has 0 aliphatic heterocycles. The van der Waals surface area contributed by atoms with Gasteiger partial charge in [0.25, 0.3) is 0 Å². The third kappa shape index (κ3) is 3.36. The average Bonchev–Trinajstić information content (AvgIpc) is 2.29. The van der Waals surface area contributed by atoms with E-state index >= 15 is 0 Å². The van der Waals surface area contributed by atoms with Crippen LogP contribution in [0.15, 0.2) is 30.3 Å². The number of amides is 1. The van der Waals surface area contributed by atoms with Crippen LogP contribution >= 0.6 is 11.6 Å². The van der Waals surface area contributed by atoms with Crippen LogP contribution in [-0.2, 0) is 4.79 Å². The number of hydrogen-bond acceptors (Lipinski definition) is 2. The molecule has 0 aromatic heterocycles. The summed E-state index contributed by atoms with van der Waals surface area (Å²) in [6, 6.07) is 8.63. The van der Waals surface area contributed by atoms with Gasteiger partial charge >= 0.3 is 0 Å². The summed E-state index contributed by atoms with van der Waals surface area (Å²) in [5.74, 6) is -0.529. The number of alkyl halides is 1. The highest BCUT2D eigenvalue weighted by molar-refractivity contribution is 6.34.